The van der Waals surface area contributed by atoms with Crippen molar-refractivity contribution >= 4 is 29.2 Å². The Morgan fingerprint density at radius 2 is 1.70 bits per heavy atom. The van der Waals surface area contributed by atoms with Crippen LogP contribution in [0.1, 0.15) is 36.5 Å². The second kappa shape index (κ2) is 10.9. The van der Waals surface area contributed by atoms with Gasteiger partial charge in [-0.05, 0) is 72.7 Å². The largest absolute Gasteiger partial charge is 0.494 e. The molecule has 0 aliphatic carbocycles. The molecule has 1 amide bonds. The van der Waals surface area contributed by atoms with E-state index in [1.54, 1.807) is 30.3 Å². The molecule has 3 aromatic carbocycles. The number of carbonyl (C=O) groups excluding carboxylic acids is 1. The molecule has 192 valence electrons. The Labute approximate surface area is 214 Å². The van der Waals surface area contributed by atoms with Crippen molar-refractivity contribution in [2.75, 3.05) is 30.5 Å². The van der Waals surface area contributed by atoms with Crippen LogP contribution in [0.2, 0.25) is 0 Å². The molecule has 0 spiro atoms. The van der Waals surface area contributed by atoms with Crippen LogP contribution < -0.4 is 14.5 Å². The number of unbranched alkanes of at least 4 members (excludes halogenated alkanes) is 1. The zero-order valence-electron chi connectivity index (χ0n) is 20.9. The minimum Gasteiger partial charge on any atom is -0.494 e. The van der Waals surface area contributed by atoms with E-state index < -0.39 is 17.6 Å². The highest BCUT2D eigenvalue weighted by Crippen LogP contribution is 2.34. The molecular weight excluding hydrogens is 479 g/mol. The SMILES string of the molecule is CCCCOc1ccc(C2=N/C(=C\c3ccc(N(C)C)cc3)C(=O)N2c2cccc(C(F)(F)F)c2)cc1. The van der Waals surface area contributed by atoms with E-state index in [1.807, 2.05) is 43.3 Å². The van der Waals surface area contributed by atoms with Gasteiger partial charge in [0.05, 0.1) is 17.9 Å². The molecule has 1 aliphatic heterocycles. The number of aliphatic imine (C=N–C) groups is 1. The Morgan fingerprint density at radius 3 is 2.32 bits per heavy atom. The van der Waals surface area contributed by atoms with E-state index in [4.69, 9.17) is 4.74 Å². The smallest absolute Gasteiger partial charge is 0.416 e. The number of carbonyl (C=O) groups is 1. The summed E-state index contributed by atoms with van der Waals surface area (Å²) in [6, 6.07) is 19.3. The van der Waals surface area contributed by atoms with Crippen LogP contribution in [0.5, 0.6) is 5.75 Å². The lowest BCUT2D eigenvalue weighted by molar-refractivity contribution is -0.137. The fourth-order valence-corrected chi connectivity index (χ4v) is 3.83. The Balaban J connectivity index is 1.73. The van der Waals surface area contributed by atoms with Gasteiger partial charge in [0.2, 0.25) is 0 Å². The molecule has 0 saturated heterocycles. The third-order valence-electron chi connectivity index (χ3n) is 5.88. The summed E-state index contributed by atoms with van der Waals surface area (Å²) >= 11 is 0. The van der Waals surface area contributed by atoms with Crippen LogP contribution in [0.3, 0.4) is 0 Å². The summed E-state index contributed by atoms with van der Waals surface area (Å²) in [4.78, 5) is 21.3. The molecule has 0 bridgehead atoms. The van der Waals surface area contributed by atoms with Crippen molar-refractivity contribution in [3.05, 3.63) is 95.2 Å². The predicted octanol–water partition coefficient (Wildman–Crippen LogP) is 6.78. The van der Waals surface area contributed by atoms with Crippen LogP contribution >= 0.6 is 0 Å². The first kappa shape index (κ1) is 26.0. The Hall–Kier alpha value is -4.07. The first-order valence-corrected chi connectivity index (χ1v) is 12.0. The zero-order chi connectivity index (χ0) is 26.6. The minimum atomic E-state index is -4.54. The molecule has 5 nitrogen and oxygen atoms in total. The van der Waals surface area contributed by atoms with Crippen molar-refractivity contribution in [2.24, 2.45) is 4.99 Å². The molecule has 3 aromatic rings. The number of amidine groups is 1. The van der Waals surface area contributed by atoms with E-state index in [1.165, 1.54) is 17.0 Å². The van der Waals surface area contributed by atoms with E-state index in [0.29, 0.717) is 17.9 Å². The number of hydrogen-bond acceptors (Lipinski definition) is 4. The highest BCUT2D eigenvalue weighted by molar-refractivity contribution is 6.33. The van der Waals surface area contributed by atoms with Crippen molar-refractivity contribution in [2.45, 2.75) is 25.9 Å². The standard InChI is InChI=1S/C29H28F3N3O2/c1-4-5-17-37-25-15-11-21(12-16-25)27-33-26(18-20-9-13-23(14-10-20)34(2)3)28(36)35(27)24-8-6-7-22(19-24)29(30,31)32/h6-16,18-19H,4-5,17H2,1-3H3/b26-18-. The molecule has 0 aromatic heterocycles. The number of benzene rings is 3. The normalized spacial score (nSPS) is 14.8. The zero-order valence-corrected chi connectivity index (χ0v) is 20.9. The van der Waals surface area contributed by atoms with Gasteiger partial charge in [0.25, 0.3) is 5.91 Å². The number of alkyl halides is 3. The summed E-state index contributed by atoms with van der Waals surface area (Å²) in [5.41, 5.74) is 1.72. The van der Waals surface area contributed by atoms with Gasteiger partial charge >= 0.3 is 6.18 Å². The highest BCUT2D eigenvalue weighted by Gasteiger charge is 2.35. The summed E-state index contributed by atoms with van der Waals surface area (Å²) in [5, 5.41) is 0. The van der Waals surface area contributed by atoms with Crippen LogP contribution in [0.25, 0.3) is 6.08 Å². The van der Waals surface area contributed by atoms with Crippen molar-refractivity contribution in [1.82, 2.24) is 0 Å². The van der Waals surface area contributed by atoms with Crippen LogP contribution in [-0.4, -0.2) is 32.4 Å². The third-order valence-corrected chi connectivity index (χ3v) is 5.88. The van der Waals surface area contributed by atoms with Gasteiger partial charge in [-0.2, -0.15) is 13.2 Å². The Kier molecular flexibility index (Phi) is 7.66. The molecule has 8 heteroatoms. The maximum absolute atomic E-state index is 13.5. The van der Waals surface area contributed by atoms with Crippen LogP contribution in [0.15, 0.2) is 83.5 Å². The van der Waals surface area contributed by atoms with Gasteiger partial charge < -0.3 is 9.64 Å². The van der Waals surface area contributed by atoms with Gasteiger partial charge in [-0.3, -0.25) is 9.69 Å². The first-order chi connectivity index (χ1) is 17.7. The molecule has 1 aliphatic rings. The lowest BCUT2D eigenvalue weighted by Crippen LogP contribution is -2.32. The van der Waals surface area contributed by atoms with Gasteiger partial charge in [-0.25, -0.2) is 4.99 Å². The van der Waals surface area contributed by atoms with Gasteiger partial charge in [0, 0.05) is 25.3 Å². The highest BCUT2D eigenvalue weighted by atomic mass is 19.4. The summed E-state index contributed by atoms with van der Waals surface area (Å²) in [6.07, 6.45) is -0.968. The summed E-state index contributed by atoms with van der Waals surface area (Å²) in [5.74, 6) is 0.416. The fourth-order valence-electron chi connectivity index (χ4n) is 3.83. The van der Waals surface area contributed by atoms with Crippen molar-refractivity contribution < 1.29 is 22.7 Å². The van der Waals surface area contributed by atoms with E-state index in [9.17, 15) is 18.0 Å². The molecule has 0 N–H and O–H groups in total. The molecule has 0 atom stereocenters. The Morgan fingerprint density at radius 1 is 1.00 bits per heavy atom. The number of rotatable bonds is 8. The van der Waals surface area contributed by atoms with Crippen molar-refractivity contribution in [3.8, 4) is 5.75 Å². The van der Waals surface area contributed by atoms with E-state index in [0.717, 1.165) is 36.2 Å². The summed E-state index contributed by atoms with van der Waals surface area (Å²) < 4.78 is 46.0. The fraction of sp³-hybridized carbons (Fsp3) is 0.241. The number of hydrogen-bond donors (Lipinski definition) is 0. The minimum absolute atomic E-state index is 0.0909. The average Bonchev–Trinajstić information content (AvgIpc) is 3.20. The second-order valence-corrected chi connectivity index (χ2v) is 8.87. The lowest BCUT2D eigenvalue weighted by atomic mass is 10.1. The third kappa shape index (κ3) is 6.02. The van der Waals surface area contributed by atoms with E-state index >= 15 is 0 Å². The molecule has 0 saturated carbocycles. The average molecular weight is 508 g/mol. The number of anilines is 2. The maximum atomic E-state index is 13.5. The van der Waals surface area contributed by atoms with Gasteiger partial charge in [-0.1, -0.05) is 31.5 Å². The second-order valence-electron chi connectivity index (χ2n) is 8.87. The first-order valence-electron chi connectivity index (χ1n) is 12.0. The van der Waals surface area contributed by atoms with Crippen LogP contribution in [0, 0.1) is 0 Å². The van der Waals surface area contributed by atoms with Gasteiger partial charge in [0.1, 0.15) is 17.3 Å². The van der Waals surface area contributed by atoms with Gasteiger partial charge in [0.15, 0.2) is 0 Å². The molecule has 4 rings (SSSR count). The van der Waals surface area contributed by atoms with Gasteiger partial charge in [-0.15, -0.1) is 0 Å². The topological polar surface area (TPSA) is 45.1 Å². The molecule has 0 radical (unpaired) electrons. The lowest BCUT2D eigenvalue weighted by Gasteiger charge is -2.20. The molecule has 0 fully saturated rings. The van der Waals surface area contributed by atoms with E-state index in [2.05, 4.69) is 11.9 Å². The number of nitrogens with zero attached hydrogens (tertiary/aromatic N) is 3. The molecule has 1 heterocycles. The molecule has 0 unspecified atom stereocenters. The quantitative estimate of drug-likeness (QED) is 0.249. The van der Waals surface area contributed by atoms with Crippen LogP contribution in [-0.2, 0) is 11.0 Å². The number of halogens is 3. The summed E-state index contributed by atoms with van der Waals surface area (Å²) in [7, 11) is 3.86. The summed E-state index contributed by atoms with van der Waals surface area (Å²) in [6.45, 7) is 2.66. The maximum Gasteiger partial charge on any atom is 0.416 e. The number of ether oxygens (including phenoxy) is 1. The van der Waals surface area contributed by atoms with Crippen molar-refractivity contribution in [1.29, 1.82) is 0 Å². The number of amides is 1. The van der Waals surface area contributed by atoms with Crippen molar-refractivity contribution in [3.63, 3.8) is 0 Å². The molecule has 37 heavy (non-hydrogen) atoms. The van der Waals surface area contributed by atoms with Crippen LogP contribution in [0.4, 0.5) is 24.5 Å². The Bertz CT molecular complexity index is 1310. The monoisotopic (exact) mass is 507 g/mol. The molecular formula is C29H28F3N3O2. The predicted molar refractivity (Wildman–Crippen MR) is 141 cm³/mol. The van der Waals surface area contributed by atoms with E-state index in [-0.39, 0.29) is 17.2 Å².